The van der Waals surface area contributed by atoms with Gasteiger partial charge in [0.15, 0.2) is 5.78 Å². The van der Waals surface area contributed by atoms with Gasteiger partial charge < -0.3 is 14.7 Å². The Bertz CT molecular complexity index is 557. The summed E-state index contributed by atoms with van der Waals surface area (Å²) in [5.41, 5.74) is -0.287. The summed E-state index contributed by atoms with van der Waals surface area (Å²) in [4.78, 5) is 13.6. The van der Waals surface area contributed by atoms with Crippen molar-refractivity contribution in [3.05, 3.63) is 29.3 Å². The molecule has 0 aromatic heterocycles. The first-order valence-corrected chi connectivity index (χ1v) is 7.90. The zero-order chi connectivity index (χ0) is 17.0. The number of β-amino-alcohol motifs (C(OH)–C–C–N with tert-alkyl or cyclic N) is 1. The molecule has 1 N–H and O–H groups in total. The number of hydrogen-bond donors (Lipinski definition) is 1. The summed E-state index contributed by atoms with van der Waals surface area (Å²) in [5.74, 6) is -1.78. The molecule has 23 heavy (non-hydrogen) atoms. The van der Waals surface area contributed by atoms with Gasteiger partial charge in [0.1, 0.15) is 30.1 Å². The van der Waals surface area contributed by atoms with E-state index in [-0.39, 0.29) is 17.9 Å². The second kappa shape index (κ2) is 7.84. The molecule has 1 aromatic carbocycles. The van der Waals surface area contributed by atoms with Crippen LogP contribution in [0.15, 0.2) is 12.1 Å². The van der Waals surface area contributed by atoms with E-state index < -0.39 is 23.5 Å². The van der Waals surface area contributed by atoms with Crippen molar-refractivity contribution in [2.75, 3.05) is 26.2 Å². The molecule has 4 nitrogen and oxygen atoms in total. The van der Waals surface area contributed by atoms with Gasteiger partial charge in [-0.2, -0.15) is 0 Å². The molecule has 1 saturated heterocycles. The molecule has 1 fully saturated rings. The van der Waals surface area contributed by atoms with Crippen LogP contribution in [0.2, 0.25) is 0 Å². The maximum absolute atomic E-state index is 13.7. The summed E-state index contributed by atoms with van der Waals surface area (Å²) in [7, 11) is 0. The first kappa shape index (κ1) is 17.8. The third-order valence-electron chi connectivity index (χ3n) is 4.15. The number of ether oxygens (including phenoxy) is 1. The molecule has 0 saturated carbocycles. The van der Waals surface area contributed by atoms with E-state index >= 15 is 0 Å². The molecule has 1 aromatic rings. The average Bonchev–Trinajstić information content (AvgIpc) is 2.46. The Hall–Kier alpha value is -1.53. The van der Waals surface area contributed by atoms with Gasteiger partial charge in [0.25, 0.3) is 0 Å². The Balaban J connectivity index is 1.93. The van der Waals surface area contributed by atoms with Crippen LogP contribution in [-0.4, -0.2) is 48.1 Å². The van der Waals surface area contributed by atoms with E-state index in [0.717, 1.165) is 32.0 Å². The zero-order valence-electron chi connectivity index (χ0n) is 13.5. The summed E-state index contributed by atoms with van der Waals surface area (Å²) in [6, 6.07) is 1.62. The second-order valence-electron chi connectivity index (χ2n) is 6.26. The monoisotopic (exact) mass is 327 g/mol. The lowest BCUT2D eigenvalue weighted by atomic mass is 9.99. The van der Waals surface area contributed by atoms with Crippen LogP contribution in [0, 0.1) is 17.6 Å². The van der Waals surface area contributed by atoms with Gasteiger partial charge in [-0.05, 0) is 38.8 Å². The standard InChI is InChI=1S/C17H23F2NO3/c1-11-3-5-20(6-4-11)9-14(22)10-23-16-8-13(18)7-15(19)17(16)12(2)21/h7-8,11,14,22H,3-6,9-10H2,1-2H3/t14-/m0/s1. The Labute approximate surface area is 135 Å². The number of carbonyl (C=O) groups excluding carboxylic acids is 1. The number of hydrogen-bond acceptors (Lipinski definition) is 4. The molecule has 0 unspecified atom stereocenters. The highest BCUT2D eigenvalue weighted by molar-refractivity contribution is 5.97. The van der Waals surface area contributed by atoms with Crippen molar-refractivity contribution in [1.29, 1.82) is 0 Å². The van der Waals surface area contributed by atoms with E-state index in [1.165, 1.54) is 6.92 Å². The number of aliphatic hydroxyl groups is 1. The first-order valence-electron chi connectivity index (χ1n) is 7.90. The van der Waals surface area contributed by atoms with Gasteiger partial charge in [-0.1, -0.05) is 6.92 Å². The number of halogens is 2. The summed E-state index contributed by atoms with van der Waals surface area (Å²) >= 11 is 0. The molecule has 0 radical (unpaired) electrons. The van der Waals surface area contributed by atoms with E-state index in [4.69, 9.17) is 4.74 Å². The number of rotatable bonds is 6. The molecule has 6 heteroatoms. The van der Waals surface area contributed by atoms with Gasteiger partial charge in [0.2, 0.25) is 0 Å². The van der Waals surface area contributed by atoms with Crippen LogP contribution in [0.1, 0.15) is 37.0 Å². The molecule has 128 valence electrons. The van der Waals surface area contributed by atoms with Crippen LogP contribution in [0.3, 0.4) is 0 Å². The quantitative estimate of drug-likeness (QED) is 0.816. The van der Waals surface area contributed by atoms with Crippen LogP contribution in [0.4, 0.5) is 8.78 Å². The summed E-state index contributed by atoms with van der Waals surface area (Å²) in [6.45, 7) is 5.57. The maximum Gasteiger partial charge on any atom is 0.166 e. The maximum atomic E-state index is 13.7. The SMILES string of the molecule is CC(=O)c1c(F)cc(F)cc1OC[C@@H](O)CN1CCC(C)CC1. The molecule has 1 aliphatic rings. The number of Topliss-reactive ketones (excluding diaryl/α,β-unsaturated/α-hetero) is 1. The van der Waals surface area contributed by atoms with Crippen LogP contribution < -0.4 is 4.74 Å². The Morgan fingerprint density at radius 1 is 1.39 bits per heavy atom. The van der Waals surface area contributed by atoms with Crippen molar-refractivity contribution in [3.8, 4) is 5.75 Å². The van der Waals surface area contributed by atoms with Crippen molar-refractivity contribution in [2.24, 2.45) is 5.92 Å². The number of carbonyl (C=O) groups is 1. The number of piperidine rings is 1. The Morgan fingerprint density at radius 3 is 2.65 bits per heavy atom. The van der Waals surface area contributed by atoms with Crippen LogP contribution in [-0.2, 0) is 0 Å². The van der Waals surface area contributed by atoms with Crippen LogP contribution in [0.5, 0.6) is 5.75 Å². The van der Waals surface area contributed by atoms with E-state index in [1.807, 2.05) is 0 Å². The Kier molecular flexibility index (Phi) is 6.07. The summed E-state index contributed by atoms with van der Waals surface area (Å²) in [6.07, 6.45) is 1.41. The second-order valence-corrected chi connectivity index (χ2v) is 6.26. The van der Waals surface area contributed by atoms with E-state index in [1.54, 1.807) is 0 Å². The molecule has 1 atom stereocenters. The number of ketones is 1. The minimum Gasteiger partial charge on any atom is -0.490 e. The largest absolute Gasteiger partial charge is 0.490 e. The average molecular weight is 327 g/mol. The lowest BCUT2D eigenvalue weighted by Gasteiger charge is -2.31. The fourth-order valence-electron chi connectivity index (χ4n) is 2.79. The predicted molar refractivity (Wildman–Crippen MR) is 82.7 cm³/mol. The minimum absolute atomic E-state index is 0.116. The third kappa shape index (κ3) is 4.97. The number of nitrogens with zero attached hydrogens (tertiary/aromatic N) is 1. The van der Waals surface area contributed by atoms with Gasteiger partial charge in [-0.15, -0.1) is 0 Å². The number of aliphatic hydroxyl groups excluding tert-OH is 1. The zero-order valence-corrected chi connectivity index (χ0v) is 13.5. The van der Waals surface area contributed by atoms with E-state index in [9.17, 15) is 18.7 Å². The molecular formula is C17H23F2NO3. The van der Waals surface area contributed by atoms with Gasteiger partial charge in [-0.25, -0.2) is 8.78 Å². The van der Waals surface area contributed by atoms with E-state index in [0.29, 0.717) is 18.5 Å². The molecule has 1 heterocycles. The van der Waals surface area contributed by atoms with Crippen molar-refractivity contribution in [2.45, 2.75) is 32.8 Å². The predicted octanol–water partition coefficient (Wildman–Crippen LogP) is 2.64. The lowest BCUT2D eigenvalue weighted by Crippen LogP contribution is -2.40. The van der Waals surface area contributed by atoms with Gasteiger partial charge in [0.05, 0.1) is 5.56 Å². The van der Waals surface area contributed by atoms with Crippen molar-refractivity contribution in [3.63, 3.8) is 0 Å². The van der Waals surface area contributed by atoms with Crippen molar-refractivity contribution < 1.29 is 23.4 Å². The third-order valence-corrected chi connectivity index (χ3v) is 4.15. The van der Waals surface area contributed by atoms with Gasteiger partial charge in [-0.3, -0.25) is 4.79 Å². The normalized spacial score (nSPS) is 18.0. The highest BCUT2D eigenvalue weighted by atomic mass is 19.1. The van der Waals surface area contributed by atoms with Crippen LogP contribution >= 0.6 is 0 Å². The van der Waals surface area contributed by atoms with Gasteiger partial charge in [0, 0.05) is 18.7 Å². The molecule has 0 spiro atoms. The number of likely N-dealkylation sites (tertiary alicyclic amines) is 1. The minimum atomic E-state index is -0.952. The summed E-state index contributed by atoms with van der Waals surface area (Å²) < 4.78 is 32.3. The highest BCUT2D eigenvalue weighted by Crippen LogP contribution is 2.24. The van der Waals surface area contributed by atoms with Crippen molar-refractivity contribution >= 4 is 5.78 Å². The molecule has 0 amide bonds. The first-order chi connectivity index (χ1) is 10.9. The fraction of sp³-hybridized carbons (Fsp3) is 0.588. The smallest absolute Gasteiger partial charge is 0.166 e. The molecular weight excluding hydrogens is 304 g/mol. The Morgan fingerprint density at radius 2 is 2.04 bits per heavy atom. The molecule has 2 rings (SSSR count). The molecule has 1 aliphatic heterocycles. The number of benzene rings is 1. The van der Waals surface area contributed by atoms with Gasteiger partial charge >= 0.3 is 0 Å². The fourth-order valence-corrected chi connectivity index (χ4v) is 2.79. The highest BCUT2D eigenvalue weighted by Gasteiger charge is 2.20. The lowest BCUT2D eigenvalue weighted by molar-refractivity contribution is 0.0556. The van der Waals surface area contributed by atoms with Crippen molar-refractivity contribution in [1.82, 2.24) is 4.90 Å². The molecule has 0 aliphatic carbocycles. The topological polar surface area (TPSA) is 49.8 Å². The molecule has 0 bridgehead atoms. The van der Waals surface area contributed by atoms with E-state index in [2.05, 4.69) is 11.8 Å². The van der Waals surface area contributed by atoms with Crippen LogP contribution in [0.25, 0.3) is 0 Å². The summed E-state index contributed by atoms with van der Waals surface area (Å²) in [5, 5.41) is 10.1.